The van der Waals surface area contributed by atoms with Crippen molar-refractivity contribution in [2.45, 2.75) is 13.3 Å². The Bertz CT molecular complexity index is 193. The molecule has 68 valence electrons. The molecule has 1 atom stereocenters. The van der Waals surface area contributed by atoms with E-state index in [1.165, 1.54) is 6.92 Å². The maximum absolute atomic E-state index is 10.9. The molecule has 0 aromatic carbocycles. The maximum Gasteiger partial charge on any atom is 0.233 e. The van der Waals surface area contributed by atoms with Crippen LogP contribution >= 0.6 is 0 Å². The predicted octanol–water partition coefficient (Wildman–Crippen LogP) is -0.0995. The Hall–Kier alpha value is -0.900. The molecule has 0 bridgehead atoms. The molecule has 1 aliphatic heterocycles. The second-order valence-electron chi connectivity index (χ2n) is 3.14. The monoisotopic (exact) mass is 170 g/mol. The number of rotatable bonds is 2. The first-order valence-electron chi connectivity index (χ1n) is 4.09. The highest BCUT2D eigenvalue weighted by atomic mass is 16.2. The third-order valence-corrected chi connectivity index (χ3v) is 2.28. The van der Waals surface area contributed by atoms with Crippen molar-refractivity contribution < 1.29 is 9.59 Å². The SMILES string of the molecule is CC(=O)N(C)N1CCC(C=O)C1. The third kappa shape index (κ3) is 1.82. The Morgan fingerprint density at radius 3 is 2.75 bits per heavy atom. The number of nitrogens with zero attached hydrogens (tertiary/aromatic N) is 2. The number of hydrogen-bond donors (Lipinski definition) is 0. The number of hydrogen-bond acceptors (Lipinski definition) is 3. The minimum atomic E-state index is 0.0153. The van der Waals surface area contributed by atoms with Gasteiger partial charge < -0.3 is 4.79 Å². The molecule has 4 heteroatoms. The van der Waals surface area contributed by atoms with E-state index in [4.69, 9.17) is 0 Å². The summed E-state index contributed by atoms with van der Waals surface area (Å²) in [6.07, 6.45) is 1.83. The van der Waals surface area contributed by atoms with Crippen LogP contribution in [0.15, 0.2) is 0 Å². The lowest BCUT2D eigenvalue weighted by atomic mass is 10.1. The van der Waals surface area contributed by atoms with Crippen molar-refractivity contribution in [3.8, 4) is 0 Å². The van der Waals surface area contributed by atoms with Crippen LogP contribution in [-0.2, 0) is 9.59 Å². The van der Waals surface area contributed by atoms with E-state index in [0.717, 1.165) is 19.3 Å². The van der Waals surface area contributed by atoms with Crippen LogP contribution < -0.4 is 0 Å². The van der Waals surface area contributed by atoms with Crippen LogP contribution in [0, 0.1) is 5.92 Å². The van der Waals surface area contributed by atoms with E-state index >= 15 is 0 Å². The Morgan fingerprint density at radius 1 is 1.67 bits per heavy atom. The third-order valence-electron chi connectivity index (χ3n) is 2.28. The lowest BCUT2D eigenvalue weighted by molar-refractivity contribution is -0.141. The summed E-state index contributed by atoms with van der Waals surface area (Å²) < 4.78 is 0. The normalized spacial score (nSPS) is 24.0. The van der Waals surface area contributed by atoms with Crippen molar-refractivity contribution in [2.24, 2.45) is 5.92 Å². The number of carbonyl (C=O) groups is 2. The largest absolute Gasteiger partial charge is 0.303 e. The van der Waals surface area contributed by atoms with Gasteiger partial charge in [-0.25, -0.2) is 5.01 Å². The van der Waals surface area contributed by atoms with Crippen molar-refractivity contribution in [3.63, 3.8) is 0 Å². The van der Waals surface area contributed by atoms with E-state index in [0.29, 0.717) is 6.54 Å². The first-order valence-corrected chi connectivity index (χ1v) is 4.09. The molecule has 1 heterocycles. The quantitative estimate of drug-likeness (QED) is 0.543. The summed E-state index contributed by atoms with van der Waals surface area (Å²) >= 11 is 0. The molecule has 0 aromatic heterocycles. The summed E-state index contributed by atoms with van der Waals surface area (Å²) in [7, 11) is 1.73. The number of hydrazine groups is 1. The van der Waals surface area contributed by atoms with Gasteiger partial charge in [-0.3, -0.25) is 9.80 Å². The Kier molecular flexibility index (Phi) is 2.81. The molecule has 0 N–H and O–H groups in total. The molecule has 0 aliphatic carbocycles. The van der Waals surface area contributed by atoms with E-state index in [1.807, 2.05) is 5.01 Å². The summed E-state index contributed by atoms with van der Waals surface area (Å²) in [5, 5.41) is 3.48. The Morgan fingerprint density at radius 2 is 2.33 bits per heavy atom. The molecule has 0 radical (unpaired) electrons. The highest BCUT2D eigenvalue weighted by Gasteiger charge is 2.25. The van der Waals surface area contributed by atoms with Crippen LogP contribution in [0.1, 0.15) is 13.3 Å². The summed E-state index contributed by atoms with van der Waals surface area (Å²) in [5.74, 6) is 0.119. The molecule has 1 amide bonds. The summed E-state index contributed by atoms with van der Waals surface area (Å²) in [6.45, 7) is 3.01. The van der Waals surface area contributed by atoms with Gasteiger partial charge in [0, 0.05) is 33.0 Å². The predicted molar refractivity (Wildman–Crippen MR) is 44.2 cm³/mol. The average molecular weight is 170 g/mol. The minimum Gasteiger partial charge on any atom is -0.303 e. The molecule has 12 heavy (non-hydrogen) atoms. The van der Waals surface area contributed by atoms with Gasteiger partial charge in [0.2, 0.25) is 5.91 Å². The zero-order chi connectivity index (χ0) is 9.14. The van der Waals surface area contributed by atoms with Crippen LogP contribution in [0.5, 0.6) is 0 Å². The molecule has 1 saturated heterocycles. The van der Waals surface area contributed by atoms with E-state index in [1.54, 1.807) is 12.1 Å². The maximum atomic E-state index is 10.9. The molecule has 0 saturated carbocycles. The van der Waals surface area contributed by atoms with Gasteiger partial charge in [0.25, 0.3) is 0 Å². The van der Waals surface area contributed by atoms with Crippen molar-refractivity contribution in [1.82, 2.24) is 10.0 Å². The average Bonchev–Trinajstić information content (AvgIpc) is 2.50. The van der Waals surface area contributed by atoms with Crippen molar-refractivity contribution >= 4 is 12.2 Å². The lowest BCUT2D eigenvalue weighted by Crippen LogP contribution is -2.41. The molecule has 0 aromatic rings. The zero-order valence-corrected chi connectivity index (χ0v) is 7.49. The van der Waals surface area contributed by atoms with E-state index in [9.17, 15) is 9.59 Å². The Labute approximate surface area is 72.1 Å². The summed E-state index contributed by atoms with van der Waals surface area (Å²) in [5.41, 5.74) is 0. The van der Waals surface area contributed by atoms with Crippen molar-refractivity contribution in [1.29, 1.82) is 0 Å². The molecule has 0 spiro atoms. The van der Waals surface area contributed by atoms with Gasteiger partial charge in [0.1, 0.15) is 6.29 Å². The number of carbonyl (C=O) groups excluding carboxylic acids is 2. The van der Waals surface area contributed by atoms with Gasteiger partial charge >= 0.3 is 0 Å². The van der Waals surface area contributed by atoms with Gasteiger partial charge in [-0.15, -0.1) is 0 Å². The highest BCUT2D eigenvalue weighted by Crippen LogP contribution is 2.14. The van der Waals surface area contributed by atoms with E-state index < -0.39 is 0 Å². The van der Waals surface area contributed by atoms with Crippen LogP contribution in [0.4, 0.5) is 0 Å². The fourth-order valence-corrected chi connectivity index (χ4v) is 1.35. The fourth-order valence-electron chi connectivity index (χ4n) is 1.35. The molecule has 1 rings (SSSR count). The standard InChI is InChI=1S/C8H14N2O2/c1-7(12)9(2)10-4-3-8(5-10)6-11/h6,8H,3-5H2,1-2H3. The highest BCUT2D eigenvalue weighted by molar-refractivity contribution is 5.72. The smallest absolute Gasteiger partial charge is 0.233 e. The summed E-state index contributed by atoms with van der Waals surface area (Å²) in [6, 6.07) is 0. The molecular weight excluding hydrogens is 156 g/mol. The zero-order valence-electron chi connectivity index (χ0n) is 7.49. The van der Waals surface area contributed by atoms with Gasteiger partial charge in [0.05, 0.1) is 0 Å². The molecular formula is C8H14N2O2. The summed E-state index contributed by atoms with van der Waals surface area (Å²) in [4.78, 5) is 21.3. The number of amides is 1. The topological polar surface area (TPSA) is 40.6 Å². The molecule has 1 fully saturated rings. The minimum absolute atomic E-state index is 0.0153. The van der Waals surface area contributed by atoms with Gasteiger partial charge in [-0.1, -0.05) is 0 Å². The van der Waals surface area contributed by atoms with Crippen LogP contribution in [0.3, 0.4) is 0 Å². The number of aldehydes is 1. The van der Waals surface area contributed by atoms with Crippen molar-refractivity contribution in [2.75, 3.05) is 20.1 Å². The van der Waals surface area contributed by atoms with Crippen LogP contribution in [0.2, 0.25) is 0 Å². The van der Waals surface area contributed by atoms with E-state index in [-0.39, 0.29) is 11.8 Å². The van der Waals surface area contributed by atoms with Crippen LogP contribution in [-0.4, -0.2) is 42.3 Å². The van der Waals surface area contributed by atoms with Gasteiger partial charge in [-0.2, -0.15) is 0 Å². The lowest BCUT2D eigenvalue weighted by Gasteiger charge is -2.26. The van der Waals surface area contributed by atoms with Gasteiger partial charge in [-0.05, 0) is 6.42 Å². The fraction of sp³-hybridized carbons (Fsp3) is 0.750. The molecule has 4 nitrogen and oxygen atoms in total. The van der Waals surface area contributed by atoms with Crippen molar-refractivity contribution in [3.05, 3.63) is 0 Å². The first-order chi connectivity index (χ1) is 5.65. The molecule has 1 aliphatic rings. The first kappa shape index (κ1) is 9.19. The Balaban J connectivity index is 2.46. The molecule has 1 unspecified atom stereocenters. The van der Waals surface area contributed by atoms with Crippen LogP contribution in [0.25, 0.3) is 0 Å². The van der Waals surface area contributed by atoms with E-state index in [2.05, 4.69) is 0 Å². The van der Waals surface area contributed by atoms with Gasteiger partial charge in [0.15, 0.2) is 0 Å². The second-order valence-corrected chi connectivity index (χ2v) is 3.14. The second kappa shape index (κ2) is 3.67.